The number of aliphatic hydroxyl groups is 1. The van der Waals surface area contributed by atoms with Gasteiger partial charge in [-0.1, -0.05) is 0 Å². The molecule has 3 nitrogen and oxygen atoms in total. The third kappa shape index (κ3) is 1.05. The summed E-state index contributed by atoms with van der Waals surface area (Å²) in [6.45, 7) is 0.183. The van der Waals surface area contributed by atoms with Crippen molar-refractivity contribution in [2.45, 2.75) is 18.9 Å². The highest BCUT2D eigenvalue weighted by atomic mass is 16.3. The second kappa shape index (κ2) is 2.35. The second-order valence-corrected chi connectivity index (χ2v) is 2.37. The fourth-order valence-electron chi connectivity index (χ4n) is 1.02. The fourth-order valence-corrected chi connectivity index (χ4v) is 1.02. The van der Waals surface area contributed by atoms with Gasteiger partial charge in [0.1, 0.15) is 0 Å². The zero-order valence-corrected chi connectivity index (χ0v) is 5.50. The standard InChI is InChI=1S/C6H11NO2/c1-7-5(2-3-8)4-6(7)9/h5,8H,2-4H2,1H3. The van der Waals surface area contributed by atoms with Crippen molar-refractivity contribution in [1.29, 1.82) is 0 Å². The van der Waals surface area contributed by atoms with Crippen LogP contribution in [-0.2, 0) is 4.79 Å². The van der Waals surface area contributed by atoms with Crippen molar-refractivity contribution in [3.8, 4) is 0 Å². The first-order valence-electron chi connectivity index (χ1n) is 3.12. The number of carbonyl (C=O) groups excluding carboxylic acids is 1. The molecule has 52 valence electrons. The van der Waals surface area contributed by atoms with E-state index >= 15 is 0 Å². The molecule has 3 heteroatoms. The molecule has 0 bridgehead atoms. The van der Waals surface area contributed by atoms with Gasteiger partial charge in [-0.05, 0) is 6.42 Å². The topological polar surface area (TPSA) is 40.5 Å². The minimum absolute atomic E-state index is 0.183. The summed E-state index contributed by atoms with van der Waals surface area (Å²) in [7, 11) is 1.77. The van der Waals surface area contributed by atoms with Crippen molar-refractivity contribution in [3.63, 3.8) is 0 Å². The molecule has 1 aliphatic rings. The summed E-state index contributed by atoms with van der Waals surface area (Å²) in [4.78, 5) is 12.2. The van der Waals surface area contributed by atoms with Crippen LogP contribution in [0.3, 0.4) is 0 Å². The third-order valence-corrected chi connectivity index (χ3v) is 1.81. The van der Waals surface area contributed by atoms with Crippen LogP contribution in [0.5, 0.6) is 0 Å². The Balaban J connectivity index is 2.25. The van der Waals surface area contributed by atoms with Gasteiger partial charge in [-0.15, -0.1) is 0 Å². The van der Waals surface area contributed by atoms with E-state index < -0.39 is 0 Å². The van der Waals surface area contributed by atoms with Crippen molar-refractivity contribution in [2.75, 3.05) is 13.7 Å². The Bertz CT molecular complexity index is 124. The average Bonchev–Trinajstić information content (AvgIpc) is 1.88. The van der Waals surface area contributed by atoms with E-state index in [1.807, 2.05) is 0 Å². The highest BCUT2D eigenvalue weighted by Gasteiger charge is 2.31. The van der Waals surface area contributed by atoms with Crippen LogP contribution >= 0.6 is 0 Å². The van der Waals surface area contributed by atoms with Crippen molar-refractivity contribution in [2.24, 2.45) is 0 Å². The smallest absolute Gasteiger partial charge is 0.224 e. The van der Waals surface area contributed by atoms with E-state index in [0.717, 1.165) is 6.42 Å². The van der Waals surface area contributed by atoms with E-state index in [2.05, 4.69) is 0 Å². The molecule has 1 saturated heterocycles. The molecule has 1 rings (SSSR count). The Labute approximate surface area is 54.3 Å². The quantitative estimate of drug-likeness (QED) is 0.515. The van der Waals surface area contributed by atoms with E-state index in [4.69, 9.17) is 5.11 Å². The molecule has 0 radical (unpaired) electrons. The first-order chi connectivity index (χ1) is 4.25. The van der Waals surface area contributed by atoms with Gasteiger partial charge in [0.15, 0.2) is 0 Å². The van der Waals surface area contributed by atoms with E-state index in [9.17, 15) is 4.79 Å². The molecule has 1 fully saturated rings. The summed E-state index contributed by atoms with van der Waals surface area (Å²) in [5.41, 5.74) is 0. The van der Waals surface area contributed by atoms with Gasteiger partial charge in [0.05, 0.1) is 0 Å². The fraction of sp³-hybridized carbons (Fsp3) is 0.833. The summed E-state index contributed by atoms with van der Waals surface area (Å²) in [5, 5.41) is 8.47. The zero-order chi connectivity index (χ0) is 6.85. The highest BCUT2D eigenvalue weighted by molar-refractivity contribution is 5.82. The molecule has 1 N–H and O–H groups in total. The number of nitrogens with zero attached hydrogens (tertiary/aromatic N) is 1. The summed E-state index contributed by atoms with van der Waals surface area (Å²) < 4.78 is 0. The molecule has 1 aliphatic heterocycles. The molecule has 9 heavy (non-hydrogen) atoms. The lowest BCUT2D eigenvalue weighted by molar-refractivity contribution is -0.144. The van der Waals surface area contributed by atoms with Crippen molar-refractivity contribution in [1.82, 2.24) is 4.90 Å². The Hall–Kier alpha value is -0.570. The predicted molar refractivity (Wildman–Crippen MR) is 32.9 cm³/mol. The predicted octanol–water partition coefficient (Wildman–Crippen LogP) is -0.401. The van der Waals surface area contributed by atoms with Gasteiger partial charge in [0.2, 0.25) is 5.91 Å². The molecule has 0 aromatic rings. The summed E-state index contributed by atoms with van der Waals surface area (Å²) >= 11 is 0. The van der Waals surface area contributed by atoms with Gasteiger partial charge in [0.25, 0.3) is 0 Å². The molecule has 0 aromatic carbocycles. The molecule has 1 unspecified atom stereocenters. The van der Waals surface area contributed by atoms with Crippen LogP contribution in [0.4, 0.5) is 0 Å². The molecule has 0 spiro atoms. The lowest BCUT2D eigenvalue weighted by Crippen LogP contribution is -2.50. The van der Waals surface area contributed by atoms with E-state index in [-0.39, 0.29) is 12.5 Å². The Morgan fingerprint density at radius 2 is 2.56 bits per heavy atom. The number of hydrogen-bond donors (Lipinski definition) is 1. The molecule has 1 atom stereocenters. The summed E-state index contributed by atoms with van der Waals surface area (Å²) in [6.07, 6.45) is 1.35. The Morgan fingerprint density at radius 3 is 2.89 bits per heavy atom. The Kier molecular flexibility index (Phi) is 1.71. The largest absolute Gasteiger partial charge is 0.396 e. The molecule has 0 aromatic heterocycles. The molecular formula is C6H11NO2. The van der Waals surface area contributed by atoms with E-state index in [0.29, 0.717) is 12.5 Å². The maximum absolute atomic E-state index is 10.6. The lowest BCUT2D eigenvalue weighted by Gasteiger charge is -2.36. The van der Waals surface area contributed by atoms with Crippen LogP contribution in [-0.4, -0.2) is 35.6 Å². The number of likely N-dealkylation sites (tertiary alicyclic amines) is 1. The van der Waals surface area contributed by atoms with Crippen LogP contribution in [0, 0.1) is 0 Å². The highest BCUT2D eigenvalue weighted by Crippen LogP contribution is 2.18. The second-order valence-electron chi connectivity index (χ2n) is 2.37. The zero-order valence-electron chi connectivity index (χ0n) is 5.50. The Morgan fingerprint density at radius 1 is 1.89 bits per heavy atom. The lowest BCUT2D eigenvalue weighted by atomic mass is 10.0. The number of aliphatic hydroxyl groups excluding tert-OH is 1. The normalized spacial score (nSPS) is 26.2. The third-order valence-electron chi connectivity index (χ3n) is 1.81. The van der Waals surface area contributed by atoms with Crippen LogP contribution in [0.15, 0.2) is 0 Å². The summed E-state index contributed by atoms with van der Waals surface area (Å²) in [6, 6.07) is 0.308. The number of amides is 1. The molecular weight excluding hydrogens is 118 g/mol. The van der Waals surface area contributed by atoms with Gasteiger partial charge >= 0.3 is 0 Å². The van der Waals surface area contributed by atoms with Crippen LogP contribution < -0.4 is 0 Å². The van der Waals surface area contributed by atoms with E-state index in [1.54, 1.807) is 11.9 Å². The first kappa shape index (κ1) is 6.55. The number of rotatable bonds is 2. The summed E-state index contributed by atoms with van der Waals surface area (Å²) in [5.74, 6) is 0.188. The van der Waals surface area contributed by atoms with Gasteiger partial charge in [0, 0.05) is 26.1 Å². The van der Waals surface area contributed by atoms with Crippen LogP contribution in [0.25, 0.3) is 0 Å². The SMILES string of the molecule is CN1C(=O)CC1CCO. The van der Waals surface area contributed by atoms with Gasteiger partial charge < -0.3 is 10.0 Å². The maximum Gasteiger partial charge on any atom is 0.224 e. The molecule has 0 aliphatic carbocycles. The van der Waals surface area contributed by atoms with Gasteiger partial charge in [-0.2, -0.15) is 0 Å². The van der Waals surface area contributed by atoms with Gasteiger partial charge in [-0.25, -0.2) is 0 Å². The van der Waals surface area contributed by atoms with Crippen molar-refractivity contribution >= 4 is 5.91 Å². The minimum Gasteiger partial charge on any atom is -0.396 e. The average molecular weight is 129 g/mol. The first-order valence-corrected chi connectivity index (χ1v) is 3.12. The van der Waals surface area contributed by atoms with Crippen LogP contribution in [0.1, 0.15) is 12.8 Å². The number of hydrogen-bond acceptors (Lipinski definition) is 2. The van der Waals surface area contributed by atoms with Crippen molar-refractivity contribution in [3.05, 3.63) is 0 Å². The van der Waals surface area contributed by atoms with Crippen molar-refractivity contribution < 1.29 is 9.90 Å². The van der Waals surface area contributed by atoms with Crippen LogP contribution in [0.2, 0.25) is 0 Å². The minimum atomic E-state index is 0.183. The molecule has 0 saturated carbocycles. The maximum atomic E-state index is 10.6. The monoisotopic (exact) mass is 129 g/mol. The molecule has 1 amide bonds. The van der Waals surface area contributed by atoms with Gasteiger partial charge in [-0.3, -0.25) is 4.79 Å². The van der Waals surface area contributed by atoms with E-state index in [1.165, 1.54) is 0 Å². The molecule has 1 heterocycles. The number of β-lactam (4-membered cyclic amide) rings is 1. The number of carbonyl (C=O) groups is 1.